The molecule has 2 aromatic rings. The predicted molar refractivity (Wildman–Crippen MR) is 91.7 cm³/mol. The summed E-state index contributed by atoms with van der Waals surface area (Å²) < 4.78 is 0. The van der Waals surface area contributed by atoms with E-state index in [4.69, 9.17) is 23.2 Å². The van der Waals surface area contributed by atoms with E-state index < -0.39 is 0 Å². The van der Waals surface area contributed by atoms with Gasteiger partial charge < -0.3 is 10.2 Å². The number of amides is 1. The molecular formula is C17H18Cl2N2O. The van der Waals surface area contributed by atoms with Crippen molar-refractivity contribution in [1.29, 1.82) is 0 Å². The molecule has 0 bridgehead atoms. The number of carbonyl (C=O) groups is 1. The normalized spacial score (nSPS) is 12.2. The topological polar surface area (TPSA) is 32.3 Å². The predicted octanol–water partition coefficient (Wildman–Crippen LogP) is 4.03. The van der Waals surface area contributed by atoms with E-state index in [9.17, 15) is 4.79 Å². The Labute approximate surface area is 140 Å². The minimum absolute atomic E-state index is 0.0138. The summed E-state index contributed by atoms with van der Waals surface area (Å²) in [6, 6.07) is 14.6. The van der Waals surface area contributed by atoms with Gasteiger partial charge in [0.15, 0.2) is 0 Å². The summed E-state index contributed by atoms with van der Waals surface area (Å²) in [6.45, 7) is 0.445. The van der Waals surface area contributed by atoms with E-state index in [1.807, 2.05) is 43.3 Å². The Balaban J connectivity index is 2.12. The van der Waals surface area contributed by atoms with E-state index in [1.54, 1.807) is 24.3 Å². The first-order valence-corrected chi connectivity index (χ1v) is 7.70. The van der Waals surface area contributed by atoms with Gasteiger partial charge >= 0.3 is 0 Å². The van der Waals surface area contributed by atoms with Crippen molar-refractivity contribution in [3.05, 3.63) is 69.7 Å². The van der Waals surface area contributed by atoms with Gasteiger partial charge in [-0.25, -0.2) is 0 Å². The van der Waals surface area contributed by atoms with Crippen LogP contribution in [0.15, 0.2) is 48.5 Å². The zero-order chi connectivity index (χ0) is 16.1. The number of rotatable bonds is 5. The minimum Gasteiger partial charge on any atom is -0.350 e. The summed E-state index contributed by atoms with van der Waals surface area (Å²) in [6.07, 6.45) is 0. The van der Waals surface area contributed by atoms with Crippen LogP contribution in [0.5, 0.6) is 0 Å². The molecule has 1 amide bonds. The Morgan fingerprint density at radius 2 is 1.64 bits per heavy atom. The largest absolute Gasteiger partial charge is 0.350 e. The smallest absolute Gasteiger partial charge is 0.252 e. The van der Waals surface area contributed by atoms with Crippen LogP contribution in [-0.2, 0) is 0 Å². The van der Waals surface area contributed by atoms with Crippen LogP contribution in [0.3, 0.4) is 0 Å². The zero-order valence-electron chi connectivity index (χ0n) is 12.5. The summed E-state index contributed by atoms with van der Waals surface area (Å²) in [7, 11) is 3.91. The molecule has 0 spiro atoms. The lowest BCUT2D eigenvalue weighted by atomic mass is 10.1. The molecule has 0 saturated heterocycles. The molecule has 1 atom stereocenters. The van der Waals surface area contributed by atoms with Crippen molar-refractivity contribution >= 4 is 29.1 Å². The third-order valence-corrected chi connectivity index (χ3v) is 4.14. The van der Waals surface area contributed by atoms with Gasteiger partial charge in [0.2, 0.25) is 0 Å². The summed E-state index contributed by atoms with van der Waals surface area (Å²) in [5.41, 5.74) is 1.45. The fraction of sp³-hybridized carbons (Fsp3) is 0.235. The number of benzene rings is 2. The second-order valence-electron chi connectivity index (χ2n) is 5.19. The maximum atomic E-state index is 12.3. The molecule has 0 aliphatic heterocycles. The number of likely N-dealkylation sites (N-methyl/N-ethyl adjacent to an activating group) is 1. The lowest BCUT2D eigenvalue weighted by Crippen LogP contribution is -2.34. The highest BCUT2D eigenvalue weighted by atomic mass is 35.5. The van der Waals surface area contributed by atoms with Crippen molar-refractivity contribution in [2.45, 2.75) is 6.04 Å². The molecule has 0 aliphatic carbocycles. The van der Waals surface area contributed by atoms with Crippen molar-refractivity contribution in [2.75, 3.05) is 20.6 Å². The first kappa shape index (κ1) is 16.8. The van der Waals surface area contributed by atoms with Crippen LogP contribution in [0.1, 0.15) is 22.0 Å². The molecule has 0 unspecified atom stereocenters. The molecule has 0 saturated carbocycles. The van der Waals surface area contributed by atoms with E-state index >= 15 is 0 Å². The van der Waals surface area contributed by atoms with Crippen molar-refractivity contribution < 1.29 is 4.79 Å². The molecular weight excluding hydrogens is 319 g/mol. The van der Waals surface area contributed by atoms with Gasteiger partial charge in [-0.3, -0.25) is 4.79 Å². The van der Waals surface area contributed by atoms with Gasteiger partial charge in [-0.2, -0.15) is 0 Å². The summed E-state index contributed by atoms with van der Waals surface area (Å²) in [5, 5.41) is 4.06. The molecule has 0 aromatic heterocycles. The summed E-state index contributed by atoms with van der Waals surface area (Å²) >= 11 is 12.3. The second kappa shape index (κ2) is 7.63. The zero-order valence-corrected chi connectivity index (χ0v) is 14.0. The Morgan fingerprint density at radius 1 is 1.05 bits per heavy atom. The van der Waals surface area contributed by atoms with Crippen molar-refractivity contribution in [3.8, 4) is 0 Å². The van der Waals surface area contributed by atoms with E-state index in [-0.39, 0.29) is 11.9 Å². The fourth-order valence-electron chi connectivity index (χ4n) is 2.25. The molecule has 2 aromatic carbocycles. The maximum Gasteiger partial charge on any atom is 0.252 e. The highest BCUT2D eigenvalue weighted by Gasteiger charge is 2.18. The quantitative estimate of drug-likeness (QED) is 0.894. The first-order chi connectivity index (χ1) is 10.5. The van der Waals surface area contributed by atoms with E-state index in [0.717, 1.165) is 5.56 Å². The second-order valence-corrected chi connectivity index (χ2v) is 6.01. The molecule has 5 heteroatoms. The number of halogens is 2. The van der Waals surface area contributed by atoms with Crippen LogP contribution in [0.2, 0.25) is 10.0 Å². The van der Waals surface area contributed by atoms with Gasteiger partial charge in [-0.15, -0.1) is 0 Å². The van der Waals surface area contributed by atoms with Gasteiger partial charge in [0, 0.05) is 11.6 Å². The van der Waals surface area contributed by atoms with Crippen molar-refractivity contribution in [2.24, 2.45) is 0 Å². The van der Waals surface area contributed by atoms with Crippen LogP contribution in [0.25, 0.3) is 0 Å². The van der Waals surface area contributed by atoms with Gasteiger partial charge in [-0.05, 0) is 37.9 Å². The SMILES string of the molecule is CN(C)[C@@H](CNC(=O)c1ccccc1Cl)c1ccccc1Cl. The molecule has 3 nitrogen and oxygen atoms in total. The molecule has 1 N–H and O–H groups in total. The standard InChI is InChI=1S/C17H18Cl2N2O/c1-21(2)16(12-7-3-5-9-14(12)18)11-20-17(22)13-8-4-6-10-15(13)19/h3-10,16H,11H2,1-2H3,(H,20,22)/t16-/m0/s1. The van der Waals surface area contributed by atoms with E-state index in [0.29, 0.717) is 22.2 Å². The molecule has 22 heavy (non-hydrogen) atoms. The van der Waals surface area contributed by atoms with E-state index in [1.165, 1.54) is 0 Å². The highest BCUT2D eigenvalue weighted by molar-refractivity contribution is 6.33. The van der Waals surface area contributed by atoms with Crippen molar-refractivity contribution in [3.63, 3.8) is 0 Å². The average molecular weight is 337 g/mol. The van der Waals surface area contributed by atoms with Crippen LogP contribution >= 0.6 is 23.2 Å². The third-order valence-electron chi connectivity index (χ3n) is 3.46. The minimum atomic E-state index is -0.190. The van der Waals surface area contributed by atoms with Gasteiger partial charge in [0.25, 0.3) is 5.91 Å². The molecule has 116 valence electrons. The maximum absolute atomic E-state index is 12.3. The lowest BCUT2D eigenvalue weighted by molar-refractivity contribution is 0.0942. The Bertz CT molecular complexity index is 659. The van der Waals surface area contributed by atoms with Crippen LogP contribution in [0, 0.1) is 0 Å². The Hall–Kier alpha value is -1.55. The van der Waals surface area contributed by atoms with Crippen molar-refractivity contribution in [1.82, 2.24) is 10.2 Å². The van der Waals surface area contributed by atoms with Gasteiger partial charge in [-0.1, -0.05) is 53.5 Å². The number of hydrogen-bond donors (Lipinski definition) is 1. The van der Waals surface area contributed by atoms with Gasteiger partial charge in [0.05, 0.1) is 16.6 Å². The molecule has 2 rings (SSSR count). The van der Waals surface area contributed by atoms with Crippen LogP contribution in [-0.4, -0.2) is 31.4 Å². The third kappa shape index (κ3) is 4.01. The molecule has 0 heterocycles. The van der Waals surface area contributed by atoms with Crippen LogP contribution in [0.4, 0.5) is 0 Å². The van der Waals surface area contributed by atoms with Gasteiger partial charge in [0.1, 0.15) is 0 Å². The van der Waals surface area contributed by atoms with Crippen LogP contribution < -0.4 is 5.32 Å². The molecule has 0 aliphatic rings. The average Bonchev–Trinajstić information content (AvgIpc) is 2.49. The first-order valence-electron chi connectivity index (χ1n) is 6.94. The Kier molecular flexibility index (Phi) is 5.83. The molecule has 0 fully saturated rings. The monoisotopic (exact) mass is 336 g/mol. The summed E-state index contributed by atoms with van der Waals surface area (Å²) in [4.78, 5) is 14.3. The molecule has 0 radical (unpaired) electrons. The summed E-state index contributed by atoms with van der Waals surface area (Å²) in [5.74, 6) is -0.190. The number of carbonyl (C=O) groups excluding carboxylic acids is 1. The fourth-order valence-corrected chi connectivity index (χ4v) is 2.73. The number of hydrogen-bond acceptors (Lipinski definition) is 2. The van der Waals surface area contributed by atoms with E-state index in [2.05, 4.69) is 5.32 Å². The lowest BCUT2D eigenvalue weighted by Gasteiger charge is -2.26. The Morgan fingerprint density at radius 3 is 2.23 bits per heavy atom. The highest BCUT2D eigenvalue weighted by Crippen LogP contribution is 2.25. The number of nitrogens with zero attached hydrogens (tertiary/aromatic N) is 1. The number of nitrogens with one attached hydrogen (secondary N) is 1.